The summed E-state index contributed by atoms with van der Waals surface area (Å²) in [5, 5.41) is 7.45. The maximum atomic E-state index is 12.8. The van der Waals surface area contributed by atoms with E-state index in [2.05, 4.69) is 26.3 Å². The first kappa shape index (κ1) is 20.5. The van der Waals surface area contributed by atoms with E-state index in [1.54, 1.807) is 17.8 Å². The van der Waals surface area contributed by atoms with Crippen molar-refractivity contribution in [3.63, 3.8) is 0 Å². The van der Waals surface area contributed by atoms with Gasteiger partial charge in [-0.2, -0.15) is 5.10 Å². The van der Waals surface area contributed by atoms with Crippen LogP contribution < -0.4 is 5.32 Å². The van der Waals surface area contributed by atoms with Crippen molar-refractivity contribution in [3.8, 4) is 0 Å². The number of rotatable bonds is 6. The summed E-state index contributed by atoms with van der Waals surface area (Å²) in [6.07, 6.45) is 0. The van der Waals surface area contributed by atoms with Crippen LogP contribution >= 0.6 is 27.7 Å². The standard InChI is InChI=1S/C23H20BrN3O2S/c1-15-22(24)16(2)27(26-15)14-17-12-13-20(29-17)23(28)25-19-10-6-7-11-21(19)30-18-8-4-3-5-9-18/h3-13H,14H2,1-2H3,(H,25,28). The second-order valence-corrected chi connectivity index (χ2v) is 8.68. The Morgan fingerprint density at radius 3 is 2.53 bits per heavy atom. The van der Waals surface area contributed by atoms with E-state index in [4.69, 9.17) is 4.42 Å². The van der Waals surface area contributed by atoms with Gasteiger partial charge in [-0.05, 0) is 66.2 Å². The molecule has 1 amide bonds. The lowest BCUT2D eigenvalue weighted by Gasteiger charge is -2.10. The number of halogens is 1. The van der Waals surface area contributed by atoms with Gasteiger partial charge in [-0.1, -0.05) is 42.1 Å². The molecule has 0 spiro atoms. The number of hydrogen-bond donors (Lipinski definition) is 1. The molecule has 2 aromatic carbocycles. The number of nitrogens with one attached hydrogen (secondary N) is 1. The molecule has 0 atom stereocenters. The number of aryl methyl sites for hydroxylation is 1. The van der Waals surface area contributed by atoms with Crippen LogP contribution in [0.5, 0.6) is 0 Å². The minimum Gasteiger partial charge on any atom is -0.454 e. The van der Waals surface area contributed by atoms with Crippen molar-refractivity contribution < 1.29 is 9.21 Å². The van der Waals surface area contributed by atoms with E-state index in [1.165, 1.54) is 0 Å². The van der Waals surface area contributed by atoms with Crippen LogP contribution in [0.2, 0.25) is 0 Å². The number of furan rings is 1. The summed E-state index contributed by atoms with van der Waals surface area (Å²) in [6, 6.07) is 21.3. The normalized spacial score (nSPS) is 10.9. The molecular formula is C23H20BrN3O2S. The van der Waals surface area contributed by atoms with Crippen LogP contribution in [0.4, 0.5) is 5.69 Å². The molecular weight excluding hydrogens is 462 g/mol. The van der Waals surface area contributed by atoms with Crippen molar-refractivity contribution in [2.24, 2.45) is 0 Å². The molecule has 0 unspecified atom stereocenters. The van der Waals surface area contributed by atoms with E-state index in [0.29, 0.717) is 12.3 Å². The topological polar surface area (TPSA) is 60.1 Å². The minimum atomic E-state index is -0.281. The summed E-state index contributed by atoms with van der Waals surface area (Å²) in [5.74, 6) is 0.659. The molecule has 0 bridgehead atoms. The summed E-state index contributed by atoms with van der Waals surface area (Å²) < 4.78 is 8.63. The fraction of sp³-hybridized carbons (Fsp3) is 0.130. The van der Waals surface area contributed by atoms with Crippen LogP contribution in [0.15, 0.2) is 85.4 Å². The SMILES string of the molecule is Cc1nn(Cc2ccc(C(=O)Nc3ccccc3Sc3ccccc3)o2)c(C)c1Br. The van der Waals surface area contributed by atoms with Gasteiger partial charge in [0.2, 0.25) is 0 Å². The fourth-order valence-corrected chi connectivity index (χ4v) is 4.23. The number of nitrogens with zero attached hydrogens (tertiary/aromatic N) is 2. The molecule has 0 fully saturated rings. The molecule has 4 rings (SSSR count). The Morgan fingerprint density at radius 1 is 1.07 bits per heavy atom. The third-order valence-corrected chi connectivity index (χ3v) is 6.82. The summed E-state index contributed by atoms with van der Waals surface area (Å²) in [5.41, 5.74) is 2.68. The molecule has 2 aromatic heterocycles. The van der Waals surface area contributed by atoms with Crippen LogP contribution in [0, 0.1) is 13.8 Å². The van der Waals surface area contributed by atoms with Crippen LogP contribution in [0.25, 0.3) is 0 Å². The molecule has 0 saturated carbocycles. The van der Waals surface area contributed by atoms with Gasteiger partial charge in [-0.3, -0.25) is 9.48 Å². The number of carbonyl (C=O) groups is 1. The number of amides is 1. The molecule has 0 radical (unpaired) electrons. The van der Waals surface area contributed by atoms with Gasteiger partial charge in [0.1, 0.15) is 5.76 Å². The lowest BCUT2D eigenvalue weighted by molar-refractivity contribution is 0.0994. The Balaban J connectivity index is 1.48. The van der Waals surface area contributed by atoms with E-state index >= 15 is 0 Å². The average Bonchev–Trinajstić information content (AvgIpc) is 3.31. The highest BCUT2D eigenvalue weighted by Gasteiger charge is 2.16. The number of para-hydroxylation sites is 1. The highest BCUT2D eigenvalue weighted by atomic mass is 79.9. The third kappa shape index (κ3) is 4.52. The number of anilines is 1. The van der Waals surface area contributed by atoms with E-state index in [-0.39, 0.29) is 11.7 Å². The third-order valence-electron chi connectivity index (χ3n) is 4.59. The second kappa shape index (κ2) is 8.93. The molecule has 0 aliphatic rings. The molecule has 152 valence electrons. The maximum absolute atomic E-state index is 12.8. The predicted molar refractivity (Wildman–Crippen MR) is 122 cm³/mol. The van der Waals surface area contributed by atoms with Crippen LogP contribution in [-0.2, 0) is 6.54 Å². The smallest absolute Gasteiger partial charge is 0.291 e. The molecule has 30 heavy (non-hydrogen) atoms. The van der Waals surface area contributed by atoms with Gasteiger partial charge in [0.25, 0.3) is 5.91 Å². The molecule has 2 heterocycles. The van der Waals surface area contributed by atoms with E-state index in [1.807, 2.05) is 79.2 Å². The molecule has 5 nitrogen and oxygen atoms in total. The van der Waals surface area contributed by atoms with Gasteiger partial charge in [0, 0.05) is 9.79 Å². The monoisotopic (exact) mass is 481 g/mol. The quantitative estimate of drug-likeness (QED) is 0.350. The zero-order valence-electron chi connectivity index (χ0n) is 16.6. The van der Waals surface area contributed by atoms with Crippen molar-refractivity contribution in [2.75, 3.05) is 5.32 Å². The first-order chi connectivity index (χ1) is 14.5. The number of hydrogen-bond acceptors (Lipinski definition) is 4. The van der Waals surface area contributed by atoms with Crippen molar-refractivity contribution >= 4 is 39.3 Å². The van der Waals surface area contributed by atoms with Gasteiger partial charge in [-0.25, -0.2) is 0 Å². The first-order valence-electron chi connectivity index (χ1n) is 9.43. The molecule has 0 aliphatic heterocycles. The number of benzene rings is 2. The van der Waals surface area contributed by atoms with Crippen molar-refractivity contribution in [3.05, 3.63) is 94.1 Å². The van der Waals surface area contributed by atoms with Crippen LogP contribution in [-0.4, -0.2) is 15.7 Å². The van der Waals surface area contributed by atoms with Gasteiger partial charge in [0.15, 0.2) is 5.76 Å². The fourth-order valence-electron chi connectivity index (χ4n) is 3.02. The van der Waals surface area contributed by atoms with Crippen LogP contribution in [0.3, 0.4) is 0 Å². The largest absolute Gasteiger partial charge is 0.454 e. The summed E-state index contributed by atoms with van der Waals surface area (Å²) >= 11 is 5.13. The highest BCUT2D eigenvalue weighted by molar-refractivity contribution is 9.10. The predicted octanol–water partition coefficient (Wildman–Crippen LogP) is 6.31. The van der Waals surface area contributed by atoms with E-state index < -0.39 is 0 Å². The number of carbonyl (C=O) groups excluding carboxylic acids is 1. The number of aromatic nitrogens is 2. The van der Waals surface area contributed by atoms with Gasteiger partial charge in [0.05, 0.1) is 28.1 Å². The Hall–Kier alpha value is -2.77. The van der Waals surface area contributed by atoms with E-state index in [0.717, 1.165) is 31.3 Å². The van der Waals surface area contributed by atoms with Crippen molar-refractivity contribution in [1.29, 1.82) is 0 Å². The summed E-state index contributed by atoms with van der Waals surface area (Å²) in [4.78, 5) is 14.8. The summed E-state index contributed by atoms with van der Waals surface area (Å²) in [6.45, 7) is 4.40. The highest BCUT2D eigenvalue weighted by Crippen LogP contribution is 2.33. The molecule has 0 aliphatic carbocycles. The summed E-state index contributed by atoms with van der Waals surface area (Å²) in [7, 11) is 0. The molecule has 7 heteroatoms. The average molecular weight is 482 g/mol. The van der Waals surface area contributed by atoms with Crippen LogP contribution in [0.1, 0.15) is 27.7 Å². The lowest BCUT2D eigenvalue weighted by Crippen LogP contribution is -2.11. The Bertz CT molecular complexity index is 1180. The van der Waals surface area contributed by atoms with E-state index in [9.17, 15) is 4.79 Å². The zero-order chi connectivity index (χ0) is 21.1. The maximum Gasteiger partial charge on any atom is 0.291 e. The van der Waals surface area contributed by atoms with Gasteiger partial charge < -0.3 is 9.73 Å². The molecule has 0 saturated heterocycles. The second-order valence-electron chi connectivity index (χ2n) is 6.77. The Morgan fingerprint density at radius 2 is 1.80 bits per heavy atom. The van der Waals surface area contributed by atoms with Gasteiger partial charge in [-0.15, -0.1) is 0 Å². The van der Waals surface area contributed by atoms with Gasteiger partial charge >= 0.3 is 0 Å². The Kier molecular flexibility index (Phi) is 6.11. The minimum absolute atomic E-state index is 0.269. The first-order valence-corrected chi connectivity index (χ1v) is 11.0. The van der Waals surface area contributed by atoms with Crippen molar-refractivity contribution in [1.82, 2.24) is 9.78 Å². The molecule has 4 aromatic rings. The lowest BCUT2D eigenvalue weighted by atomic mass is 10.3. The van der Waals surface area contributed by atoms with Crippen molar-refractivity contribution in [2.45, 2.75) is 30.2 Å². The zero-order valence-corrected chi connectivity index (χ0v) is 19.0. The Labute approximate surface area is 187 Å². The molecule has 1 N–H and O–H groups in total.